The van der Waals surface area contributed by atoms with Gasteiger partial charge in [0, 0.05) is 37.1 Å². The first-order chi connectivity index (χ1) is 11.3. The monoisotopic (exact) mass is 386 g/mol. The normalized spacial score (nSPS) is 14.5. The number of carbonyl (C=O) groups excluding carboxylic acids is 1. The largest absolute Gasteiger partial charge is 0.355 e. The third-order valence-electron chi connectivity index (χ3n) is 4.38. The van der Waals surface area contributed by atoms with Gasteiger partial charge >= 0.3 is 0 Å². The summed E-state index contributed by atoms with van der Waals surface area (Å²) in [7, 11) is 1.98. The Kier molecular flexibility index (Phi) is 8.89. The molecule has 0 spiro atoms. The Labute approximate surface area is 160 Å². The fourth-order valence-corrected chi connectivity index (χ4v) is 2.96. The Morgan fingerprint density at radius 3 is 2.76 bits per heavy atom. The number of likely N-dealkylation sites (tertiary alicyclic amines) is 1. The average molecular weight is 387 g/mol. The summed E-state index contributed by atoms with van der Waals surface area (Å²) in [6.07, 6.45) is 6.68. The molecule has 0 aromatic carbocycles. The minimum atomic E-state index is -0.0454. The third kappa shape index (κ3) is 5.42. The molecule has 0 saturated carbocycles. The van der Waals surface area contributed by atoms with E-state index in [0.29, 0.717) is 17.4 Å². The van der Waals surface area contributed by atoms with E-state index in [0.717, 1.165) is 38.0 Å². The minimum Gasteiger partial charge on any atom is -0.355 e. The standard InChI is InChI=1S/C17H22N4O2.2ClH/c1-18-8-4-13-5-9-21(10-6-13)17(22)15-11-16(23-20-15)14-3-2-7-19-12-14;;/h2-3,7,11-13,18H,4-6,8-10H2,1H3;2*1H. The predicted octanol–water partition coefficient (Wildman–Crippen LogP) is 3.04. The van der Waals surface area contributed by atoms with Gasteiger partial charge in [0.2, 0.25) is 0 Å². The molecule has 1 amide bonds. The van der Waals surface area contributed by atoms with E-state index in [9.17, 15) is 4.79 Å². The topological polar surface area (TPSA) is 71.3 Å². The molecule has 0 unspecified atom stereocenters. The van der Waals surface area contributed by atoms with Crippen molar-refractivity contribution in [2.24, 2.45) is 5.92 Å². The molecule has 1 saturated heterocycles. The second kappa shape index (κ2) is 10.4. The fourth-order valence-electron chi connectivity index (χ4n) is 2.96. The van der Waals surface area contributed by atoms with E-state index in [2.05, 4.69) is 15.5 Å². The molecule has 6 nitrogen and oxygen atoms in total. The van der Waals surface area contributed by atoms with Gasteiger partial charge in [-0.05, 0) is 50.9 Å². The van der Waals surface area contributed by atoms with Crippen LogP contribution in [0.25, 0.3) is 11.3 Å². The van der Waals surface area contributed by atoms with Crippen molar-refractivity contribution in [3.05, 3.63) is 36.3 Å². The number of hydrogen-bond donors (Lipinski definition) is 1. The predicted molar refractivity (Wildman–Crippen MR) is 101 cm³/mol. The highest BCUT2D eigenvalue weighted by molar-refractivity contribution is 5.93. The molecule has 2 aromatic heterocycles. The zero-order chi connectivity index (χ0) is 16.1. The fraction of sp³-hybridized carbons (Fsp3) is 0.471. The number of hydrogen-bond acceptors (Lipinski definition) is 5. The zero-order valence-electron chi connectivity index (χ0n) is 14.2. The van der Waals surface area contributed by atoms with Crippen molar-refractivity contribution < 1.29 is 9.32 Å². The summed E-state index contributed by atoms with van der Waals surface area (Å²) in [6, 6.07) is 5.41. The van der Waals surface area contributed by atoms with E-state index < -0.39 is 0 Å². The number of carbonyl (C=O) groups is 1. The molecular formula is C17H24Cl2N4O2. The van der Waals surface area contributed by atoms with Crippen LogP contribution < -0.4 is 5.32 Å². The lowest BCUT2D eigenvalue weighted by atomic mass is 9.93. The van der Waals surface area contributed by atoms with Crippen LogP contribution in [-0.4, -0.2) is 47.6 Å². The molecule has 1 aliphatic rings. The van der Waals surface area contributed by atoms with Crippen molar-refractivity contribution >= 4 is 30.7 Å². The molecule has 25 heavy (non-hydrogen) atoms. The Morgan fingerprint density at radius 2 is 2.12 bits per heavy atom. The van der Waals surface area contributed by atoms with Crippen LogP contribution in [0.15, 0.2) is 35.1 Å². The van der Waals surface area contributed by atoms with E-state index in [-0.39, 0.29) is 30.7 Å². The summed E-state index contributed by atoms with van der Waals surface area (Å²) in [6.45, 7) is 2.63. The molecule has 8 heteroatoms. The number of amides is 1. The first kappa shape index (κ1) is 21.4. The van der Waals surface area contributed by atoms with Crippen LogP contribution in [0.2, 0.25) is 0 Å². The van der Waals surface area contributed by atoms with Crippen LogP contribution in [0.3, 0.4) is 0 Å². The van der Waals surface area contributed by atoms with E-state index in [1.165, 1.54) is 6.42 Å². The van der Waals surface area contributed by atoms with Crippen LogP contribution in [0.4, 0.5) is 0 Å². The molecule has 0 aliphatic carbocycles. The smallest absolute Gasteiger partial charge is 0.276 e. The quantitative estimate of drug-likeness (QED) is 0.854. The van der Waals surface area contributed by atoms with Crippen LogP contribution in [0.1, 0.15) is 29.8 Å². The van der Waals surface area contributed by atoms with Crippen LogP contribution >= 0.6 is 24.8 Å². The number of aromatic nitrogens is 2. The van der Waals surface area contributed by atoms with Gasteiger partial charge in [0.1, 0.15) is 0 Å². The van der Waals surface area contributed by atoms with E-state index in [1.807, 2.05) is 24.1 Å². The van der Waals surface area contributed by atoms with Gasteiger partial charge in [0.15, 0.2) is 11.5 Å². The van der Waals surface area contributed by atoms with Gasteiger partial charge in [-0.25, -0.2) is 0 Å². The lowest BCUT2D eigenvalue weighted by Crippen LogP contribution is -2.39. The van der Waals surface area contributed by atoms with Gasteiger partial charge in [-0.3, -0.25) is 9.78 Å². The molecule has 2 aromatic rings. The van der Waals surface area contributed by atoms with Gasteiger partial charge < -0.3 is 14.7 Å². The van der Waals surface area contributed by atoms with Gasteiger partial charge in [0.05, 0.1) is 0 Å². The second-order valence-corrected chi connectivity index (χ2v) is 5.95. The highest BCUT2D eigenvalue weighted by Crippen LogP contribution is 2.23. The van der Waals surface area contributed by atoms with Crippen molar-refractivity contribution in [3.63, 3.8) is 0 Å². The Morgan fingerprint density at radius 1 is 1.36 bits per heavy atom. The number of pyridine rings is 1. The molecule has 3 heterocycles. The summed E-state index contributed by atoms with van der Waals surface area (Å²) in [5.74, 6) is 1.23. The minimum absolute atomic E-state index is 0. The second-order valence-electron chi connectivity index (χ2n) is 5.95. The number of nitrogens with zero attached hydrogens (tertiary/aromatic N) is 3. The first-order valence-electron chi connectivity index (χ1n) is 8.09. The molecule has 138 valence electrons. The van der Waals surface area contributed by atoms with Gasteiger partial charge in [-0.15, -0.1) is 24.8 Å². The molecule has 3 rings (SSSR count). The lowest BCUT2D eigenvalue weighted by Gasteiger charge is -2.31. The van der Waals surface area contributed by atoms with Crippen LogP contribution in [0, 0.1) is 5.92 Å². The van der Waals surface area contributed by atoms with E-state index >= 15 is 0 Å². The molecular weight excluding hydrogens is 363 g/mol. The maximum atomic E-state index is 12.5. The number of piperidine rings is 1. The summed E-state index contributed by atoms with van der Waals surface area (Å²) < 4.78 is 5.29. The van der Waals surface area contributed by atoms with Crippen LogP contribution in [-0.2, 0) is 0 Å². The zero-order valence-corrected chi connectivity index (χ0v) is 15.8. The molecule has 1 fully saturated rings. The first-order valence-corrected chi connectivity index (χ1v) is 8.09. The van der Waals surface area contributed by atoms with E-state index in [4.69, 9.17) is 4.52 Å². The maximum absolute atomic E-state index is 12.5. The van der Waals surface area contributed by atoms with Gasteiger partial charge in [0.25, 0.3) is 5.91 Å². The number of rotatable bonds is 5. The van der Waals surface area contributed by atoms with Crippen molar-refractivity contribution in [3.8, 4) is 11.3 Å². The highest BCUT2D eigenvalue weighted by Gasteiger charge is 2.25. The van der Waals surface area contributed by atoms with Crippen molar-refractivity contribution in [1.82, 2.24) is 20.4 Å². The molecule has 1 N–H and O–H groups in total. The summed E-state index contributed by atoms with van der Waals surface area (Å²) >= 11 is 0. The highest BCUT2D eigenvalue weighted by atomic mass is 35.5. The van der Waals surface area contributed by atoms with Crippen molar-refractivity contribution in [1.29, 1.82) is 0 Å². The molecule has 0 radical (unpaired) electrons. The Hall–Kier alpha value is -1.63. The molecule has 1 aliphatic heterocycles. The number of nitrogens with one attached hydrogen (secondary N) is 1. The van der Waals surface area contributed by atoms with Crippen LogP contribution in [0.5, 0.6) is 0 Å². The van der Waals surface area contributed by atoms with Gasteiger partial charge in [-0.1, -0.05) is 5.16 Å². The lowest BCUT2D eigenvalue weighted by molar-refractivity contribution is 0.0677. The SMILES string of the molecule is CNCCC1CCN(C(=O)c2cc(-c3cccnc3)on2)CC1.Cl.Cl. The Balaban J connectivity index is 0.00000156. The summed E-state index contributed by atoms with van der Waals surface area (Å²) in [4.78, 5) is 18.5. The maximum Gasteiger partial charge on any atom is 0.276 e. The number of halogens is 2. The molecule has 0 bridgehead atoms. The summed E-state index contributed by atoms with van der Waals surface area (Å²) in [5, 5.41) is 7.12. The summed E-state index contributed by atoms with van der Waals surface area (Å²) in [5.41, 5.74) is 1.20. The van der Waals surface area contributed by atoms with Crippen molar-refractivity contribution in [2.75, 3.05) is 26.7 Å². The molecule has 0 atom stereocenters. The van der Waals surface area contributed by atoms with Crippen molar-refractivity contribution in [2.45, 2.75) is 19.3 Å². The van der Waals surface area contributed by atoms with Gasteiger partial charge in [-0.2, -0.15) is 0 Å². The Bertz CT molecular complexity index is 643. The van der Waals surface area contributed by atoms with E-state index in [1.54, 1.807) is 18.5 Å². The average Bonchev–Trinajstić information content (AvgIpc) is 3.11. The third-order valence-corrected chi connectivity index (χ3v) is 4.38.